The number of benzene rings is 1. The van der Waals surface area contributed by atoms with E-state index in [1.54, 1.807) is 0 Å². The van der Waals surface area contributed by atoms with Gasteiger partial charge in [-0.1, -0.05) is 26.0 Å². The summed E-state index contributed by atoms with van der Waals surface area (Å²) in [6.45, 7) is 7.34. The second-order valence-corrected chi connectivity index (χ2v) is 7.98. The zero-order valence-electron chi connectivity index (χ0n) is 21.3. The average Bonchev–Trinajstić information content (AvgIpc) is 2.88. The van der Waals surface area contributed by atoms with Crippen LogP contribution >= 0.6 is 0 Å². The van der Waals surface area contributed by atoms with E-state index >= 15 is 0 Å². The molecule has 2 aromatic rings. The number of aromatic nitrogens is 3. The number of aliphatic hydroxyl groups excluding tert-OH is 1. The highest BCUT2D eigenvalue weighted by molar-refractivity contribution is 5.78. The average molecular weight is 505 g/mol. The number of rotatable bonds is 19. The lowest BCUT2D eigenvalue weighted by Crippen LogP contribution is -2.29. The van der Waals surface area contributed by atoms with E-state index in [9.17, 15) is 4.79 Å². The van der Waals surface area contributed by atoms with Crippen LogP contribution in [-0.2, 0) is 20.7 Å². The fraction of sp³-hybridized carbons (Fsp3) is 0.583. The summed E-state index contributed by atoms with van der Waals surface area (Å²) >= 11 is 0. The molecular weight excluding hydrogens is 464 g/mol. The van der Waals surface area contributed by atoms with Crippen molar-refractivity contribution in [1.29, 1.82) is 0 Å². The van der Waals surface area contributed by atoms with Crippen molar-refractivity contribution < 1.29 is 19.4 Å². The van der Waals surface area contributed by atoms with Gasteiger partial charge < -0.3 is 41.6 Å². The van der Waals surface area contributed by atoms with E-state index in [0.29, 0.717) is 63.9 Å². The molecule has 2 rings (SSSR count). The number of nitrogens with one attached hydrogen (secondary N) is 4. The third kappa shape index (κ3) is 11.6. The van der Waals surface area contributed by atoms with Gasteiger partial charge >= 0.3 is 0 Å². The van der Waals surface area contributed by atoms with Crippen molar-refractivity contribution in [1.82, 2.24) is 20.3 Å². The minimum atomic E-state index is -0.0760. The van der Waals surface area contributed by atoms with Crippen LogP contribution in [-0.4, -0.2) is 84.7 Å². The second-order valence-electron chi connectivity index (χ2n) is 7.98. The number of ether oxygens (including phenoxy) is 2. The number of hydrogen-bond acceptors (Lipinski definition) is 11. The van der Waals surface area contributed by atoms with Crippen LogP contribution < -0.4 is 27.0 Å². The number of amides is 1. The Morgan fingerprint density at radius 1 is 0.944 bits per heavy atom. The number of carbonyl (C=O) groups excluding carboxylic acids is 1. The monoisotopic (exact) mass is 504 g/mol. The van der Waals surface area contributed by atoms with Crippen LogP contribution in [0.2, 0.25) is 0 Å². The molecule has 0 spiro atoms. The van der Waals surface area contributed by atoms with Gasteiger partial charge in [-0.25, -0.2) is 0 Å². The molecule has 12 heteroatoms. The molecule has 1 amide bonds. The summed E-state index contributed by atoms with van der Waals surface area (Å²) in [6.07, 6.45) is 2.15. The van der Waals surface area contributed by atoms with Crippen LogP contribution in [0.5, 0.6) is 0 Å². The van der Waals surface area contributed by atoms with Crippen molar-refractivity contribution in [3.8, 4) is 0 Å². The van der Waals surface area contributed by atoms with Gasteiger partial charge in [-0.3, -0.25) is 4.79 Å². The zero-order chi connectivity index (χ0) is 26.0. The molecule has 0 unspecified atom stereocenters. The molecule has 0 fully saturated rings. The minimum absolute atomic E-state index is 0.0317. The molecule has 1 aromatic carbocycles. The third-order valence-corrected chi connectivity index (χ3v) is 5.13. The number of aliphatic hydroxyl groups is 1. The molecule has 36 heavy (non-hydrogen) atoms. The molecule has 0 saturated heterocycles. The lowest BCUT2D eigenvalue weighted by atomic mass is 10.1. The van der Waals surface area contributed by atoms with Crippen molar-refractivity contribution in [3.05, 3.63) is 29.8 Å². The Hall–Kier alpha value is -3.06. The molecule has 0 bridgehead atoms. The maximum Gasteiger partial charge on any atom is 0.233 e. The summed E-state index contributed by atoms with van der Waals surface area (Å²) in [5, 5.41) is 21.4. The molecule has 0 aliphatic rings. The quantitative estimate of drug-likeness (QED) is 0.152. The molecule has 0 saturated carbocycles. The van der Waals surface area contributed by atoms with Crippen LogP contribution in [0.1, 0.15) is 32.3 Å². The van der Waals surface area contributed by atoms with Gasteiger partial charge in [0.15, 0.2) is 0 Å². The summed E-state index contributed by atoms with van der Waals surface area (Å²) in [5.41, 5.74) is 7.00. The Morgan fingerprint density at radius 3 is 2.28 bits per heavy atom. The van der Waals surface area contributed by atoms with Gasteiger partial charge in [0.1, 0.15) is 0 Å². The Kier molecular flexibility index (Phi) is 14.1. The third-order valence-electron chi connectivity index (χ3n) is 5.13. The molecule has 1 aromatic heterocycles. The SMILES string of the molecule is CCC(CC)Nc1nc(NCCO)nc(Nc2ccc(CC(=O)NCCOCCOCCN)cc2)n1. The van der Waals surface area contributed by atoms with Crippen molar-refractivity contribution in [2.45, 2.75) is 39.2 Å². The summed E-state index contributed by atoms with van der Waals surface area (Å²) in [5.74, 6) is 1.13. The summed E-state index contributed by atoms with van der Waals surface area (Å²) in [4.78, 5) is 25.4. The Bertz CT molecular complexity index is 881. The normalized spacial score (nSPS) is 10.9. The molecule has 0 aliphatic heterocycles. The highest BCUT2D eigenvalue weighted by Crippen LogP contribution is 2.18. The van der Waals surface area contributed by atoms with Crippen molar-refractivity contribution in [2.24, 2.45) is 5.73 Å². The smallest absolute Gasteiger partial charge is 0.233 e. The van der Waals surface area contributed by atoms with E-state index in [0.717, 1.165) is 24.1 Å². The van der Waals surface area contributed by atoms with Gasteiger partial charge in [-0.2, -0.15) is 15.0 Å². The zero-order valence-corrected chi connectivity index (χ0v) is 21.3. The summed E-state index contributed by atoms with van der Waals surface area (Å²) < 4.78 is 10.6. The van der Waals surface area contributed by atoms with Crippen LogP contribution in [0.15, 0.2) is 24.3 Å². The first-order chi connectivity index (χ1) is 17.6. The lowest BCUT2D eigenvalue weighted by Gasteiger charge is -2.16. The molecule has 200 valence electrons. The first-order valence-electron chi connectivity index (χ1n) is 12.4. The predicted molar refractivity (Wildman–Crippen MR) is 141 cm³/mol. The number of carbonyl (C=O) groups is 1. The van der Waals surface area contributed by atoms with Crippen LogP contribution in [0, 0.1) is 0 Å². The number of nitrogens with zero attached hydrogens (tertiary/aromatic N) is 3. The van der Waals surface area contributed by atoms with E-state index in [4.69, 9.17) is 20.3 Å². The fourth-order valence-corrected chi connectivity index (χ4v) is 3.17. The molecule has 1 heterocycles. The van der Waals surface area contributed by atoms with E-state index in [1.165, 1.54) is 0 Å². The lowest BCUT2D eigenvalue weighted by molar-refractivity contribution is -0.120. The Balaban J connectivity index is 1.86. The molecule has 0 aliphatic carbocycles. The van der Waals surface area contributed by atoms with Gasteiger partial charge in [0.2, 0.25) is 23.8 Å². The molecule has 0 atom stereocenters. The number of hydrogen-bond donors (Lipinski definition) is 6. The van der Waals surface area contributed by atoms with Gasteiger partial charge in [-0.15, -0.1) is 0 Å². The van der Waals surface area contributed by atoms with Crippen LogP contribution in [0.4, 0.5) is 23.5 Å². The number of nitrogens with two attached hydrogens (primary N) is 1. The van der Waals surface area contributed by atoms with E-state index in [1.807, 2.05) is 24.3 Å². The first kappa shape index (κ1) is 29.2. The van der Waals surface area contributed by atoms with E-state index in [-0.39, 0.29) is 25.0 Å². The maximum atomic E-state index is 12.2. The summed E-state index contributed by atoms with van der Waals surface area (Å²) in [7, 11) is 0. The molecular formula is C24H40N8O4. The van der Waals surface area contributed by atoms with E-state index in [2.05, 4.69) is 50.1 Å². The Labute approximate surface area is 212 Å². The second kappa shape index (κ2) is 17.4. The Morgan fingerprint density at radius 2 is 1.61 bits per heavy atom. The minimum Gasteiger partial charge on any atom is -0.395 e. The van der Waals surface area contributed by atoms with Crippen molar-refractivity contribution >= 4 is 29.4 Å². The molecule has 0 radical (unpaired) electrons. The molecule has 7 N–H and O–H groups in total. The first-order valence-corrected chi connectivity index (χ1v) is 12.4. The standard InChI is InChI=1S/C24H40N8O4/c1-3-19(4-2)28-23-30-22(27-10-12-33)31-24(32-23)29-20-7-5-18(6-8-20)17-21(34)26-11-14-36-16-15-35-13-9-25/h5-8,19,33H,3-4,9-17,25H2,1-2H3,(H,26,34)(H3,27,28,29,30,31,32). The van der Waals surface area contributed by atoms with Crippen LogP contribution in [0.25, 0.3) is 0 Å². The summed E-state index contributed by atoms with van der Waals surface area (Å²) in [6, 6.07) is 7.74. The topological polar surface area (TPSA) is 169 Å². The van der Waals surface area contributed by atoms with Gasteiger partial charge in [-0.05, 0) is 30.5 Å². The maximum absolute atomic E-state index is 12.2. The molecule has 12 nitrogen and oxygen atoms in total. The van der Waals surface area contributed by atoms with Crippen molar-refractivity contribution in [2.75, 3.05) is 68.6 Å². The van der Waals surface area contributed by atoms with Crippen molar-refractivity contribution in [3.63, 3.8) is 0 Å². The predicted octanol–water partition coefficient (Wildman–Crippen LogP) is 1.27. The fourth-order valence-electron chi connectivity index (χ4n) is 3.17. The largest absolute Gasteiger partial charge is 0.395 e. The van der Waals surface area contributed by atoms with Crippen LogP contribution in [0.3, 0.4) is 0 Å². The van der Waals surface area contributed by atoms with E-state index < -0.39 is 0 Å². The number of anilines is 4. The van der Waals surface area contributed by atoms with Gasteiger partial charge in [0, 0.05) is 31.4 Å². The van der Waals surface area contributed by atoms with Gasteiger partial charge in [0.05, 0.1) is 39.5 Å². The van der Waals surface area contributed by atoms with Gasteiger partial charge in [0.25, 0.3) is 0 Å². The highest BCUT2D eigenvalue weighted by Gasteiger charge is 2.11. The highest BCUT2D eigenvalue weighted by atomic mass is 16.5.